The number of rotatable bonds is 3. The summed E-state index contributed by atoms with van der Waals surface area (Å²) in [5.41, 5.74) is 5.99. The lowest BCUT2D eigenvalue weighted by atomic mass is 9.82. The minimum atomic E-state index is 0.336. The normalized spacial score (nSPS) is 22.7. The van der Waals surface area contributed by atoms with Crippen molar-refractivity contribution in [1.82, 2.24) is 0 Å². The van der Waals surface area contributed by atoms with E-state index in [1.54, 1.807) is 0 Å². The van der Waals surface area contributed by atoms with Gasteiger partial charge in [-0.25, -0.2) is 0 Å². The van der Waals surface area contributed by atoms with Crippen molar-refractivity contribution in [1.29, 1.82) is 0 Å². The van der Waals surface area contributed by atoms with E-state index in [-0.39, 0.29) is 0 Å². The van der Waals surface area contributed by atoms with Crippen LogP contribution in [0.3, 0.4) is 0 Å². The summed E-state index contributed by atoms with van der Waals surface area (Å²) in [5, 5.41) is 0. The second-order valence-corrected chi connectivity index (χ2v) is 3.83. The summed E-state index contributed by atoms with van der Waals surface area (Å²) in [6, 6.07) is 0.336. The molecular weight excluding hydrogens is 150 g/mol. The van der Waals surface area contributed by atoms with Gasteiger partial charge in [0.2, 0.25) is 0 Å². The molecule has 1 fully saturated rings. The van der Waals surface area contributed by atoms with E-state index in [1.807, 2.05) is 0 Å². The molecule has 1 unspecified atom stereocenters. The van der Waals surface area contributed by atoms with E-state index in [4.69, 9.17) is 5.73 Å². The molecule has 70 valence electrons. The Hall–Kier alpha value is -0.370. The predicted octanol–water partition coefficient (Wildman–Crippen LogP) is 1.87. The van der Waals surface area contributed by atoms with Crippen molar-refractivity contribution in [2.75, 3.05) is 0 Å². The number of hydrogen-bond acceptors (Lipinski definition) is 2. The lowest BCUT2D eigenvalue weighted by Crippen LogP contribution is -2.32. The average molecular weight is 169 g/mol. The second-order valence-electron chi connectivity index (χ2n) is 3.83. The number of ketones is 1. The van der Waals surface area contributed by atoms with Crippen LogP contribution in [0.25, 0.3) is 0 Å². The highest BCUT2D eigenvalue weighted by Gasteiger charge is 2.23. The Kier molecular flexibility index (Phi) is 3.73. The number of nitrogens with two attached hydrogens (primary N) is 1. The van der Waals surface area contributed by atoms with E-state index >= 15 is 0 Å². The average Bonchev–Trinajstić information content (AvgIpc) is 2.06. The van der Waals surface area contributed by atoms with Gasteiger partial charge < -0.3 is 5.73 Å². The fraction of sp³-hybridized carbons (Fsp3) is 0.900. The van der Waals surface area contributed by atoms with E-state index < -0.39 is 0 Å². The van der Waals surface area contributed by atoms with Crippen molar-refractivity contribution in [3.8, 4) is 0 Å². The van der Waals surface area contributed by atoms with Crippen molar-refractivity contribution in [2.24, 2.45) is 11.7 Å². The molecule has 0 amide bonds. The Morgan fingerprint density at radius 1 is 1.50 bits per heavy atom. The van der Waals surface area contributed by atoms with Gasteiger partial charge in [-0.3, -0.25) is 4.79 Å². The van der Waals surface area contributed by atoms with E-state index in [0.717, 1.165) is 38.5 Å². The summed E-state index contributed by atoms with van der Waals surface area (Å²) in [4.78, 5) is 10.9. The van der Waals surface area contributed by atoms with Crippen LogP contribution in [0, 0.1) is 5.92 Å². The molecule has 0 aromatic carbocycles. The van der Waals surface area contributed by atoms with Crippen LogP contribution in [0.5, 0.6) is 0 Å². The molecule has 0 spiro atoms. The van der Waals surface area contributed by atoms with Crippen LogP contribution in [-0.4, -0.2) is 11.8 Å². The predicted molar refractivity (Wildman–Crippen MR) is 49.8 cm³/mol. The van der Waals surface area contributed by atoms with Gasteiger partial charge in [0.1, 0.15) is 5.78 Å². The summed E-state index contributed by atoms with van der Waals surface area (Å²) < 4.78 is 0. The van der Waals surface area contributed by atoms with Gasteiger partial charge in [-0.1, -0.05) is 13.3 Å². The lowest BCUT2D eigenvalue weighted by molar-refractivity contribution is -0.121. The van der Waals surface area contributed by atoms with Gasteiger partial charge in [-0.15, -0.1) is 0 Å². The SMILES string of the molecule is CCCC(N)C1CCC(=O)CC1. The summed E-state index contributed by atoms with van der Waals surface area (Å²) in [6.07, 6.45) is 5.86. The van der Waals surface area contributed by atoms with Gasteiger partial charge in [0.25, 0.3) is 0 Å². The molecule has 0 aromatic heterocycles. The number of hydrogen-bond donors (Lipinski definition) is 1. The molecule has 0 radical (unpaired) electrons. The van der Waals surface area contributed by atoms with Crippen molar-refractivity contribution in [2.45, 2.75) is 51.5 Å². The van der Waals surface area contributed by atoms with Crippen LogP contribution in [0.2, 0.25) is 0 Å². The molecule has 0 aromatic rings. The molecule has 1 rings (SSSR count). The van der Waals surface area contributed by atoms with Crippen molar-refractivity contribution in [3.63, 3.8) is 0 Å². The second kappa shape index (κ2) is 4.61. The molecule has 2 nitrogen and oxygen atoms in total. The molecule has 0 bridgehead atoms. The van der Waals surface area contributed by atoms with Crippen LogP contribution in [-0.2, 0) is 4.79 Å². The van der Waals surface area contributed by atoms with Crippen LogP contribution in [0.15, 0.2) is 0 Å². The fourth-order valence-electron chi connectivity index (χ4n) is 1.96. The Labute approximate surface area is 74.5 Å². The number of carbonyl (C=O) groups excluding carboxylic acids is 1. The highest BCUT2D eigenvalue weighted by Crippen LogP contribution is 2.25. The first-order chi connectivity index (χ1) is 5.74. The minimum absolute atomic E-state index is 0.336. The summed E-state index contributed by atoms with van der Waals surface area (Å²) in [5.74, 6) is 1.04. The number of carbonyl (C=O) groups is 1. The van der Waals surface area contributed by atoms with Gasteiger partial charge in [0.15, 0.2) is 0 Å². The van der Waals surface area contributed by atoms with E-state index in [2.05, 4.69) is 6.92 Å². The molecule has 1 atom stereocenters. The first-order valence-corrected chi connectivity index (χ1v) is 5.01. The highest BCUT2D eigenvalue weighted by atomic mass is 16.1. The first-order valence-electron chi connectivity index (χ1n) is 5.01. The Balaban J connectivity index is 2.28. The third-order valence-electron chi connectivity index (χ3n) is 2.82. The highest BCUT2D eigenvalue weighted by molar-refractivity contribution is 5.79. The first kappa shape index (κ1) is 9.72. The third kappa shape index (κ3) is 2.59. The maximum Gasteiger partial charge on any atom is 0.132 e. The zero-order valence-electron chi connectivity index (χ0n) is 7.88. The van der Waals surface area contributed by atoms with E-state index in [0.29, 0.717) is 17.7 Å². The molecule has 2 heteroatoms. The zero-order valence-corrected chi connectivity index (χ0v) is 7.88. The third-order valence-corrected chi connectivity index (χ3v) is 2.82. The molecule has 1 aliphatic rings. The van der Waals surface area contributed by atoms with E-state index in [9.17, 15) is 4.79 Å². The Morgan fingerprint density at radius 2 is 2.08 bits per heavy atom. The van der Waals surface area contributed by atoms with Gasteiger partial charge >= 0.3 is 0 Å². The summed E-state index contributed by atoms with van der Waals surface area (Å²) in [7, 11) is 0. The fourth-order valence-corrected chi connectivity index (χ4v) is 1.96. The molecule has 2 N–H and O–H groups in total. The van der Waals surface area contributed by atoms with Crippen LogP contribution < -0.4 is 5.73 Å². The molecule has 12 heavy (non-hydrogen) atoms. The monoisotopic (exact) mass is 169 g/mol. The van der Waals surface area contributed by atoms with Crippen LogP contribution in [0.1, 0.15) is 45.4 Å². The molecular formula is C10H19NO. The van der Waals surface area contributed by atoms with Gasteiger partial charge in [0, 0.05) is 18.9 Å². The largest absolute Gasteiger partial charge is 0.327 e. The number of Topliss-reactive ketones (excluding diaryl/α,β-unsaturated/α-hetero) is 1. The maximum absolute atomic E-state index is 10.9. The molecule has 1 saturated carbocycles. The van der Waals surface area contributed by atoms with Gasteiger partial charge in [-0.2, -0.15) is 0 Å². The van der Waals surface area contributed by atoms with Crippen molar-refractivity contribution < 1.29 is 4.79 Å². The lowest BCUT2D eigenvalue weighted by Gasteiger charge is -2.26. The molecule has 0 heterocycles. The van der Waals surface area contributed by atoms with E-state index in [1.165, 1.54) is 0 Å². The van der Waals surface area contributed by atoms with Gasteiger partial charge in [0.05, 0.1) is 0 Å². The molecule has 1 aliphatic carbocycles. The Bertz CT molecular complexity index is 146. The topological polar surface area (TPSA) is 43.1 Å². The summed E-state index contributed by atoms with van der Waals surface area (Å²) >= 11 is 0. The quantitative estimate of drug-likeness (QED) is 0.701. The Morgan fingerprint density at radius 3 is 2.58 bits per heavy atom. The van der Waals surface area contributed by atoms with Gasteiger partial charge in [-0.05, 0) is 25.2 Å². The molecule has 0 saturated heterocycles. The van der Waals surface area contributed by atoms with Crippen LogP contribution >= 0.6 is 0 Å². The minimum Gasteiger partial charge on any atom is -0.327 e. The van der Waals surface area contributed by atoms with Crippen molar-refractivity contribution in [3.05, 3.63) is 0 Å². The zero-order chi connectivity index (χ0) is 8.97. The van der Waals surface area contributed by atoms with Crippen LogP contribution in [0.4, 0.5) is 0 Å². The maximum atomic E-state index is 10.9. The summed E-state index contributed by atoms with van der Waals surface area (Å²) in [6.45, 7) is 2.16. The smallest absolute Gasteiger partial charge is 0.132 e. The molecule has 0 aliphatic heterocycles. The standard InChI is InChI=1S/C10H19NO/c1-2-3-10(11)8-4-6-9(12)7-5-8/h8,10H,2-7,11H2,1H3. The van der Waals surface area contributed by atoms with Crippen molar-refractivity contribution >= 4 is 5.78 Å².